The molecule has 114 valence electrons. The van der Waals surface area contributed by atoms with Crippen LogP contribution in [0.15, 0.2) is 30.5 Å². The second-order valence-corrected chi connectivity index (χ2v) is 6.78. The van der Waals surface area contributed by atoms with Crippen molar-refractivity contribution in [1.82, 2.24) is 15.0 Å². The highest BCUT2D eigenvalue weighted by atomic mass is 32.2. The van der Waals surface area contributed by atoms with Crippen LogP contribution in [0, 0.1) is 0 Å². The number of aromatic amines is 1. The lowest BCUT2D eigenvalue weighted by Gasteiger charge is -2.06. The predicted octanol–water partition coefficient (Wildman–Crippen LogP) is 0.766. The second kappa shape index (κ2) is 6.73. The molecule has 6 nitrogen and oxygen atoms in total. The summed E-state index contributed by atoms with van der Waals surface area (Å²) >= 11 is 0. The number of sulfonamides is 1. The molecule has 0 bridgehead atoms. The van der Waals surface area contributed by atoms with Gasteiger partial charge in [-0.2, -0.15) is 0 Å². The number of hydrogen-bond donors (Lipinski definition) is 3. The molecule has 1 aromatic heterocycles. The van der Waals surface area contributed by atoms with Gasteiger partial charge in [0.25, 0.3) is 0 Å². The van der Waals surface area contributed by atoms with Gasteiger partial charge in [-0.1, -0.05) is 18.2 Å². The molecule has 0 aliphatic carbocycles. The Bertz CT molecular complexity index is 722. The topological polar surface area (TPSA) is 91.1 Å². The van der Waals surface area contributed by atoms with Gasteiger partial charge in [-0.25, -0.2) is 13.1 Å². The van der Waals surface area contributed by atoms with E-state index >= 15 is 0 Å². The molecule has 1 aromatic carbocycles. The quantitative estimate of drug-likeness (QED) is 0.705. The summed E-state index contributed by atoms with van der Waals surface area (Å²) < 4.78 is 24.7. The number of hydrogen-bond acceptors (Lipinski definition) is 3. The summed E-state index contributed by atoms with van der Waals surface area (Å²) in [7, 11) is -3.33. The van der Waals surface area contributed by atoms with Crippen molar-refractivity contribution >= 4 is 26.8 Å². The van der Waals surface area contributed by atoms with E-state index in [0.29, 0.717) is 13.0 Å². The first-order valence-electron chi connectivity index (χ1n) is 6.81. The number of carbonyl (C=O) groups is 1. The molecule has 0 spiro atoms. The Balaban J connectivity index is 1.80. The fourth-order valence-corrected chi connectivity index (χ4v) is 2.57. The monoisotopic (exact) mass is 309 g/mol. The van der Waals surface area contributed by atoms with Crippen molar-refractivity contribution in [2.45, 2.75) is 13.3 Å². The standard InChI is InChI=1S/C14H19N3O3S/c1-2-21(19,20)17-10-14(18)15-8-7-11-9-16-13-6-4-3-5-12(11)13/h3-6,9,16-17H,2,7-8,10H2,1H3,(H,15,18). The third kappa shape index (κ3) is 4.30. The van der Waals surface area contributed by atoms with E-state index in [1.165, 1.54) is 6.92 Å². The molecule has 0 aliphatic heterocycles. The third-order valence-electron chi connectivity index (χ3n) is 3.22. The van der Waals surface area contributed by atoms with Gasteiger partial charge >= 0.3 is 0 Å². The van der Waals surface area contributed by atoms with Gasteiger partial charge in [0.1, 0.15) is 0 Å². The number of para-hydroxylation sites is 1. The van der Waals surface area contributed by atoms with Crippen molar-refractivity contribution < 1.29 is 13.2 Å². The predicted molar refractivity (Wildman–Crippen MR) is 82.5 cm³/mol. The number of carbonyl (C=O) groups excluding carboxylic acids is 1. The lowest BCUT2D eigenvalue weighted by molar-refractivity contribution is -0.119. The zero-order valence-electron chi connectivity index (χ0n) is 11.8. The molecule has 0 saturated heterocycles. The molecule has 0 unspecified atom stereocenters. The first-order valence-corrected chi connectivity index (χ1v) is 8.46. The van der Waals surface area contributed by atoms with Crippen molar-refractivity contribution in [2.75, 3.05) is 18.8 Å². The van der Waals surface area contributed by atoms with Gasteiger partial charge in [0.2, 0.25) is 15.9 Å². The molecule has 0 aliphatic rings. The van der Waals surface area contributed by atoms with Crippen LogP contribution in [-0.4, -0.2) is 38.2 Å². The SMILES string of the molecule is CCS(=O)(=O)NCC(=O)NCCc1c[nH]c2ccccc12. The number of fused-ring (bicyclic) bond motifs is 1. The van der Waals surface area contributed by atoms with Crippen molar-refractivity contribution in [2.24, 2.45) is 0 Å². The van der Waals surface area contributed by atoms with E-state index in [9.17, 15) is 13.2 Å². The van der Waals surface area contributed by atoms with E-state index in [0.717, 1.165) is 16.5 Å². The van der Waals surface area contributed by atoms with Gasteiger partial charge in [-0.3, -0.25) is 4.79 Å². The Morgan fingerprint density at radius 3 is 2.81 bits per heavy atom. The Morgan fingerprint density at radius 2 is 2.05 bits per heavy atom. The molecule has 0 saturated carbocycles. The molecule has 21 heavy (non-hydrogen) atoms. The second-order valence-electron chi connectivity index (χ2n) is 4.68. The molecule has 7 heteroatoms. The maximum Gasteiger partial charge on any atom is 0.235 e. The summed E-state index contributed by atoms with van der Waals surface area (Å²) in [5.41, 5.74) is 2.19. The van der Waals surface area contributed by atoms with E-state index in [2.05, 4.69) is 15.0 Å². The van der Waals surface area contributed by atoms with E-state index in [-0.39, 0.29) is 18.2 Å². The molecule has 1 amide bonds. The molecule has 1 heterocycles. The van der Waals surface area contributed by atoms with Crippen molar-refractivity contribution in [3.05, 3.63) is 36.0 Å². The van der Waals surface area contributed by atoms with E-state index in [1.54, 1.807) is 0 Å². The minimum absolute atomic E-state index is 0.0321. The van der Waals surface area contributed by atoms with Crippen molar-refractivity contribution in [1.29, 1.82) is 0 Å². The fourth-order valence-electron chi connectivity index (χ4n) is 2.02. The first-order chi connectivity index (χ1) is 10.0. The minimum atomic E-state index is -3.33. The number of benzene rings is 1. The van der Waals surface area contributed by atoms with Crippen LogP contribution < -0.4 is 10.0 Å². The Morgan fingerprint density at radius 1 is 1.29 bits per heavy atom. The normalized spacial score (nSPS) is 11.7. The zero-order chi connectivity index (χ0) is 15.3. The molecule has 2 aromatic rings. The highest BCUT2D eigenvalue weighted by Crippen LogP contribution is 2.17. The highest BCUT2D eigenvalue weighted by molar-refractivity contribution is 7.89. The van der Waals surface area contributed by atoms with Gasteiger partial charge in [0, 0.05) is 23.6 Å². The maximum atomic E-state index is 11.6. The van der Waals surface area contributed by atoms with Gasteiger partial charge in [0.15, 0.2) is 0 Å². The summed E-state index contributed by atoms with van der Waals surface area (Å²) in [5, 5.41) is 3.84. The van der Waals surface area contributed by atoms with Crippen LogP contribution in [0.5, 0.6) is 0 Å². The van der Waals surface area contributed by atoms with Gasteiger partial charge in [-0.05, 0) is 25.0 Å². The van der Waals surface area contributed by atoms with Crippen LogP contribution in [0.2, 0.25) is 0 Å². The molecule has 0 radical (unpaired) electrons. The lowest BCUT2D eigenvalue weighted by atomic mass is 10.1. The number of nitrogens with one attached hydrogen (secondary N) is 3. The van der Waals surface area contributed by atoms with Crippen LogP contribution in [0.25, 0.3) is 10.9 Å². The summed E-state index contributed by atoms with van der Waals surface area (Å²) in [5.74, 6) is -0.359. The van der Waals surface area contributed by atoms with E-state index in [1.807, 2.05) is 30.5 Å². The molecule has 0 fully saturated rings. The van der Waals surface area contributed by atoms with Crippen LogP contribution >= 0.6 is 0 Å². The van der Waals surface area contributed by atoms with Gasteiger partial charge in [-0.15, -0.1) is 0 Å². The zero-order valence-corrected chi connectivity index (χ0v) is 12.7. The van der Waals surface area contributed by atoms with Gasteiger partial charge < -0.3 is 10.3 Å². The minimum Gasteiger partial charge on any atom is -0.361 e. The Kier molecular flexibility index (Phi) is 4.98. The molecule has 0 atom stereocenters. The lowest BCUT2D eigenvalue weighted by Crippen LogP contribution is -2.38. The summed E-state index contributed by atoms with van der Waals surface area (Å²) in [4.78, 5) is 14.7. The molecular formula is C14H19N3O3S. The number of aromatic nitrogens is 1. The summed E-state index contributed by atoms with van der Waals surface area (Å²) in [6.45, 7) is 1.77. The Hall–Kier alpha value is -1.86. The number of amides is 1. The summed E-state index contributed by atoms with van der Waals surface area (Å²) in [6.07, 6.45) is 2.62. The summed E-state index contributed by atoms with van der Waals surface area (Å²) in [6, 6.07) is 7.96. The maximum absolute atomic E-state index is 11.6. The third-order valence-corrected chi connectivity index (χ3v) is 4.57. The molecular weight excluding hydrogens is 290 g/mol. The average Bonchev–Trinajstić information content (AvgIpc) is 2.89. The first kappa shape index (κ1) is 15.5. The van der Waals surface area contributed by atoms with Crippen molar-refractivity contribution in [3.8, 4) is 0 Å². The highest BCUT2D eigenvalue weighted by Gasteiger charge is 2.09. The van der Waals surface area contributed by atoms with E-state index < -0.39 is 10.0 Å². The van der Waals surface area contributed by atoms with Crippen molar-refractivity contribution in [3.63, 3.8) is 0 Å². The number of rotatable bonds is 7. The average molecular weight is 309 g/mol. The fraction of sp³-hybridized carbons (Fsp3) is 0.357. The van der Waals surface area contributed by atoms with E-state index in [4.69, 9.17) is 0 Å². The van der Waals surface area contributed by atoms with Crippen LogP contribution in [0.1, 0.15) is 12.5 Å². The largest absolute Gasteiger partial charge is 0.361 e. The van der Waals surface area contributed by atoms with Crippen LogP contribution in [0.4, 0.5) is 0 Å². The van der Waals surface area contributed by atoms with Gasteiger partial charge in [0.05, 0.1) is 12.3 Å². The Labute approximate surface area is 124 Å². The molecule has 2 rings (SSSR count). The molecule has 3 N–H and O–H groups in total. The van der Waals surface area contributed by atoms with Crippen LogP contribution in [-0.2, 0) is 21.2 Å². The smallest absolute Gasteiger partial charge is 0.235 e. The number of H-pyrrole nitrogens is 1. The van der Waals surface area contributed by atoms with Crippen LogP contribution in [0.3, 0.4) is 0 Å².